The van der Waals surface area contributed by atoms with Crippen molar-refractivity contribution in [2.24, 2.45) is 0 Å². The monoisotopic (exact) mass is 353 g/mol. The van der Waals surface area contributed by atoms with Crippen LogP contribution in [0.4, 0.5) is 5.69 Å². The Kier molecular flexibility index (Phi) is 5.02. The molecule has 1 unspecified atom stereocenters. The highest BCUT2D eigenvalue weighted by molar-refractivity contribution is 6.05. The molecule has 1 aliphatic heterocycles. The Morgan fingerprint density at radius 1 is 1.15 bits per heavy atom. The maximum atomic E-state index is 13.0. The van der Waals surface area contributed by atoms with Gasteiger partial charge in [0.2, 0.25) is 6.10 Å². The maximum absolute atomic E-state index is 13.0. The van der Waals surface area contributed by atoms with Gasteiger partial charge in [0.05, 0.1) is 12.3 Å². The maximum Gasteiger partial charge on any atom is 0.326 e. The molecule has 0 bridgehead atoms. The summed E-state index contributed by atoms with van der Waals surface area (Å²) in [6.07, 6.45) is -0.860. The predicted molar refractivity (Wildman–Crippen MR) is 95.2 cm³/mol. The lowest BCUT2D eigenvalue weighted by Gasteiger charge is -2.34. The van der Waals surface area contributed by atoms with E-state index < -0.39 is 12.1 Å². The van der Waals surface area contributed by atoms with Crippen LogP contribution in [-0.2, 0) is 14.3 Å². The smallest absolute Gasteiger partial charge is 0.326 e. The molecule has 0 aliphatic carbocycles. The summed E-state index contributed by atoms with van der Waals surface area (Å²) in [6, 6.07) is 13.9. The summed E-state index contributed by atoms with van der Waals surface area (Å²) in [5.74, 6) is -0.597. The lowest BCUT2D eigenvalue weighted by Crippen LogP contribution is -2.44. The standard InChI is InChI=1S/C20H19NO5/c1-3-25-18(23)12-21-16-11-15(13(2)22)9-10-17(16)26-19(20(21)24)14-7-5-4-6-8-14/h4-11,19H,3,12H2,1-2H3. The fourth-order valence-electron chi connectivity index (χ4n) is 2.82. The minimum absolute atomic E-state index is 0.137. The first-order valence-corrected chi connectivity index (χ1v) is 8.35. The van der Waals surface area contributed by atoms with Gasteiger partial charge >= 0.3 is 5.97 Å². The van der Waals surface area contributed by atoms with Gasteiger partial charge in [-0.1, -0.05) is 30.3 Å². The number of anilines is 1. The largest absolute Gasteiger partial charge is 0.474 e. The minimum atomic E-state index is -0.860. The molecule has 1 atom stereocenters. The highest BCUT2D eigenvalue weighted by atomic mass is 16.5. The first kappa shape index (κ1) is 17.7. The minimum Gasteiger partial charge on any atom is -0.474 e. The molecular formula is C20H19NO5. The number of nitrogens with zero attached hydrogens (tertiary/aromatic N) is 1. The third-order valence-electron chi connectivity index (χ3n) is 4.09. The van der Waals surface area contributed by atoms with Gasteiger partial charge in [0.15, 0.2) is 5.78 Å². The van der Waals surface area contributed by atoms with Gasteiger partial charge in [-0.3, -0.25) is 19.3 Å². The number of carbonyl (C=O) groups excluding carboxylic acids is 3. The Hall–Kier alpha value is -3.15. The van der Waals surface area contributed by atoms with E-state index >= 15 is 0 Å². The Labute approximate surface area is 151 Å². The second-order valence-corrected chi connectivity index (χ2v) is 5.88. The summed E-state index contributed by atoms with van der Waals surface area (Å²) < 4.78 is 10.9. The summed E-state index contributed by atoms with van der Waals surface area (Å²) in [4.78, 5) is 38.0. The molecular weight excluding hydrogens is 334 g/mol. The van der Waals surface area contributed by atoms with E-state index in [0.29, 0.717) is 22.6 Å². The van der Waals surface area contributed by atoms with E-state index in [-0.39, 0.29) is 24.8 Å². The first-order chi connectivity index (χ1) is 12.5. The van der Waals surface area contributed by atoms with Gasteiger partial charge in [0.1, 0.15) is 12.3 Å². The highest BCUT2D eigenvalue weighted by Crippen LogP contribution is 2.39. The Morgan fingerprint density at radius 2 is 1.88 bits per heavy atom. The second kappa shape index (κ2) is 7.39. The van der Waals surface area contributed by atoms with Gasteiger partial charge < -0.3 is 9.47 Å². The van der Waals surface area contributed by atoms with Crippen LogP contribution in [0.2, 0.25) is 0 Å². The third-order valence-corrected chi connectivity index (χ3v) is 4.09. The second-order valence-electron chi connectivity index (χ2n) is 5.88. The lowest BCUT2D eigenvalue weighted by atomic mass is 10.0. The van der Waals surface area contributed by atoms with Crippen molar-refractivity contribution in [3.63, 3.8) is 0 Å². The summed E-state index contributed by atoms with van der Waals surface area (Å²) in [7, 11) is 0. The molecule has 0 saturated carbocycles. The molecule has 0 saturated heterocycles. The van der Waals surface area contributed by atoms with Crippen LogP contribution in [-0.4, -0.2) is 30.8 Å². The van der Waals surface area contributed by atoms with E-state index in [9.17, 15) is 14.4 Å². The van der Waals surface area contributed by atoms with Gasteiger partial charge in [0, 0.05) is 11.1 Å². The van der Waals surface area contributed by atoms with Gasteiger partial charge in [-0.15, -0.1) is 0 Å². The number of hydrogen-bond acceptors (Lipinski definition) is 5. The molecule has 0 radical (unpaired) electrons. The number of benzene rings is 2. The van der Waals surface area contributed by atoms with Gasteiger partial charge in [-0.2, -0.15) is 0 Å². The molecule has 0 N–H and O–H groups in total. The molecule has 6 heteroatoms. The number of carbonyl (C=O) groups is 3. The molecule has 0 spiro atoms. The highest BCUT2D eigenvalue weighted by Gasteiger charge is 2.37. The number of rotatable bonds is 5. The number of ketones is 1. The van der Waals surface area contributed by atoms with Gasteiger partial charge in [-0.05, 0) is 32.0 Å². The van der Waals surface area contributed by atoms with Gasteiger partial charge in [0.25, 0.3) is 5.91 Å². The SMILES string of the molecule is CCOC(=O)CN1C(=O)C(c2ccccc2)Oc2ccc(C(C)=O)cc21. The number of amides is 1. The molecule has 0 aromatic heterocycles. The zero-order chi connectivity index (χ0) is 18.7. The zero-order valence-electron chi connectivity index (χ0n) is 14.6. The van der Waals surface area contributed by atoms with E-state index in [1.807, 2.05) is 18.2 Å². The van der Waals surface area contributed by atoms with Crippen LogP contribution in [0, 0.1) is 0 Å². The van der Waals surface area contributed by atoms with E-state index in [1.54, 1.807) is 37.3 Å². The average Bonchev–Trinajstić information content (AvgIpc) is 2.64. The number of fused-ring (bicyclic) bond motifs is 1. The number of Topliss-reactive ketones (excluding diaryl/α,β-unsaturated/α-hetero) is 1. The molecule has 134 valence electrons. The van der Waals surface area contributed by atoms with E-state index in [4.69, 9.17) is 9.47 Å². The number of esters is 1. The molecule has 26 heavy (non-hydrogen) atoms. The summed E-state index contributed by atoms with van der Waals surface area (Å²) in [5.41, 5.74) is 1.52. The fraction of sp³-hybridized carbons (Fsp3) is 0.250. The van der Waals surface area contributed by atoms with Crippen molar-refractivity contribution >= 4 is 23.3 Å². The van der Waals surface area contributed by atoms with E-state index in [1.165, 1.54) is 11.8 Å². The van der Waals surface area contributed by atoms with Crippen LogP contribution in [0.5, 0.6) is 5.75 Å². The topological polar surface area (TPSA) is 72.9 Å². The third kappa shape index (κ3) is 3.44. The first-order valence-electron chi connectivity index (χ1n) is 8.35. The Morgan fingerprint density at radius 3 is 2.54 bits per heavy atom. The lowest BCUT2D eigenvalue weighted by molar-refractivity contribution is -0.143. The zero-order valence-corrected chi connectivity index (χ0v) is 14.6. The molecule has 6 nitrogen and oxygen atoms in total. The van der Waals surface area contributed by atoms with Gasteiger partial charge in [-0.25, -0.2) is 0 Å². The molecule has 1 amide bonds. The van der Waals surface area contributed by atoms with Crippen molar-refractivity contribution in [2.45, 2.75) is 20.0 Å². The quantitative estimate of drug-likeness (QED) is 0.610. The average molecular weight is 353 g/mol. The van der Waals surface area contributed by atoms with Crippen LogP contribution >= 0.6 is 0 Å². The van der Waals surface area contributed by atoms with Crippen molar-refractivity contribution in [1.29, 1.82) is 0 Å². The molecule has 2 aromatic rings. The van der Waals surface area contributed by atoms with Crippen molar-refractivity contribution < 1.29 is 23.9 Å². The molecule has 1 heterocycles. The predicted octanol–water partition coefficient (Wildman–Crippen LogP) is 2.92. The van der Waals surface area contributed by atoms with Crippen LogP contribution in [0.3, 0.4) is 0 Å². The molecule has 2 aromatic carbocycles. The number of ether oxygens (including phenoxy) is 2. The molecule has 0 fully saturated rings. The summed E-state index contributed by atoms with van der Waals surface area (Å²) >= 11 is 0. The van der Waals surface area contributed by atoms with E-state index in [0.717, 1.165) is 0 Å². The fourth-order valence-corrected chi connectivity index (χ4v) is 2.82. The molecule has 3 rings (SSSR count). The Bertz CT molecular complexity index is 847. The van der Waals surface area contributed by atoms with Crippen LogP contribution in [0.15, 0.2) is 48.5 Å². The van der Waals surface area contributed by atoms with Crippen molar-refractivity contribution in [1.82, 2.24) is 0 Å². The normalized spacial score (nSPS) is 15.8. The van der Waals surface area contributed by atoms with E-state index in [2.05, 4.69) is 0 Å². The number of hydrogen-bond donors (Lipinski definition) is 0. The van der Waals surface area contributed by atoms with Crippen molar-refractivity contribution in [3.8, 4) is 5.75 Å². The van der Waals surface area contributed by atoms with Crippen LogP contribution in [0.1, 0.15) is 35.9 Å². The Balaban J connectivity index is 2.03. The summed E-state index contributed by atoms with van der Waals surface area (Å²) in [6.45, 7) is 3.12. The van der Waals surface area contributed by atoms with Crippen molar-refractivity contribution in [2.75, 3.05) is 18.1 Å². The van der Waals surface area contributed by atoms with Crippen molar-refractivity contribution in [3.05, 3.63) is 59.7 Å². The molecule has 1 aliphatic rings. The summed E-state index contributed by atoms with van der Waals surface area (Å²) in [5, 5.41) is 0. The van der Waals surface area contributed by atoms with Crippen LogP contribution < -0.4 is 9.64 Å². The van der Waals surface area contributed by atoms with Crippen LogP contribution in [0.25, 0.3) is 0 Å².